The van der Waals surface area contributed by atoms with Crippen molar-refractivity contribution in [3.8, 4) is 5.69 Å². The number of fused-ring (bicyclic) bond motifs is 1. The van der Waals surface area contributed by atoms with Crippen LogP contribution in [0, 0.1) is 10.5 Å². The van der Waals surface area contributed by atoms with E-state index in [1.54, 1.807) is 0 Å². The largest absolute Gasteiger partial charge is 0.373 e. The third-order valence-corrected chi connectivity index (χ3v) is 4.26. The SMILES string of the molecule is Cc1c(I)cccc1-n1ccn2cc[n+](C)c12. The summed E-state index contributed by atoms with van der Waals surface area (Å²) in [6, 6.07) is 6.40. The van der Waals surface area contributed by atoms with E-state index >= 15 is 0 Å². The van der Waals surface area contributed by atoms with Gasteiger partial charge in [0.25, 0.3) is 0 Å². The molecule has 0 aliphatic carbocycles. The van der Waals surface area contributed by atoms with Crippen molar-refractivity contribution in [2.24, 2.45) is 7.05 Å². The molecule has 4 heteroatoms. The minimum atomic E-state index is 1.16. The first-order chi connectivity index (χ1) is 8.18. The van der Waals surface area contributed by atoms with Crippen molar-refractivity contribution in [3.63, 3.8) is 0 Å². The summed E-state index contributed by atoms with van der Waals surface area (Å²) in [5, 5.41) is 0. The standard InChI is InChI=1S/C13H13IN3/c1-10-11(14)4-3-5-12(10)17-9-8-16-7-6-15(2)13(16)17/h3-9H,1-2H3/q+1. The van der Waals surface area contributed by atoms with Gasteiger partial charge in [0.1, 0.15) is 24.3 Å². The van der Waals surface area contributed by atoms with Gasteiger partial charge in [-0.2, -0.15) is 0 Å². The number of hydrogen-bond donors (Lipinski definition) is 0. The second-order valence-corrected chi connectivity index (χ2v) is 5.33. The van der Waals surface area contributed by atoms with Crippen molar-refractivity contribution in [2.75, 3.05) is 0 Å². The lowest BCUT2D eigenvalue weighted by atomic mass is 10.2. The van der Waals surface area contributed by atoms with E-state index in [9.17, 15) is 0 Å². The number of rotatable bonds is 1. The zero-order valence-corrected chi connectivity index (χ0v) is 11.9. The van der Waals surface area contributed by atoms with Crippen molar-refractivity contribution in [2.45, 2.75) is 6.92 Å². The Morgan fingerprint density at radius 2 is 2.00 bits per heavy atom. The van der Waals surface area contributed by atoms with E-state index in [1.165, 1.54) is 14.8 Å². The van der Waals surface area contributed by atoms with Gasteiger partial charge in [0.2, 0.25) is 0 Å². The van der Waals surface area contributed by atoms with Gasteiger partial charge in [-0.1, -0.05) is 6.07 Å². The molecule has 17 heavy (non-hydrogen) atoms. The van der Waals surface area contributed by atoms with Crippen LogP contribution in [-0.2, 0) is 7.05 Å². The first-order valence-electron chi connectivity index (χ1n) is 5.47. The molecule has 3 aromatic rings. The van der Waals surface area contributed by atoms with Crippen LogP contribution in [0.3, 0.4) is 0 Å². The summed E-state index contributed by atoms with van der Waals surface area (Å²) in [4.78, 5) is 0. The topological polar surface area (TPSA) is 13.2 Å². The first-order valence-corrected chi connectivity index (χ1v) is 6.55. The van der Waals surface area contributed by atoms with Crippen molar-refractivity contribution >= 4 is 28.4 Å². The van der Waals surface area contributed by atoms with Gasteiger partial charge >= 0.3 is 5.78 Å². The molecule has 2 aromatic heterocycles. The van der Waals surface area contributed by atoms with Gasteiger partial charge in [0.05, 0.1) is 13.2 Å². The van der Waals surface area contributed by atoms with Crippen LogP contribution in [0.2, 0.25) is 0 Å². The molecule has 0 aliphatic heterocycles. The fraction of sp³-hybridized carbons (Fsp3) is 0.154. The third kappa shape index (κ3) is 1.58. The van der Waals surface area contributed by atoms with Crippen molar-refractivity contribution in [1.82, 2.24) is 8.97 Å². The van der Waals surface area contributed by atoms with Gasteiger partial charge in [-0.25, -0.2) is 13.5 Å². The Bertz CT molecular complexity index is 694. The predicted molar refractivity (Wildman–Crippen MR) is 75.4 cm³/mol. The van der Waals surface area contributed by atoms with Gasteiger partial charge in [-0.3, -0.25) is 0 Å². The smallest absolute Gasteiger partial charge is 0.237 e. The van der Waals surface area contributed by atoms with Crippen molar-refractivity contribution in [3.05, 3.63) is 52.1 Å². The van der Waals surface area contributed by atoms with Crippen LogP contribution in [0.15, 0.2) is 43.0 Å². The Kier molecular flexibility index (Phi) is 2.47. The summed E-state index contributed by atoms with van der Waals surface area (Å²) >= 11 is 2.38. The molecule has 0 aliphatic rings. The van der Waals surface area contributed by atoms with E-state index in [0.717, 1.165) is 5.78 Å². The van der Waals surface area contributed by atoms with Crippen LogP contribution in [0.5, 0.6) is 0 Å². The van der Waals surface area contributed by atoms with Gasteiger partial charge < -0.3 is 0 Å². The van der Waals surface area contributed by atoms with E-state index < -0.39 is 0 Å². The molecule has 0 saturated heterocycles. The Balaban J connectivity index is 2.34. The minimum Gasteiger partial charge on any atom is -0.237 e. The van der Waals surface area contributed by atoms with Crippen LogP contribution in [0.25, 0.3) is 11.5 Å². The van der Waals surface area contributed by atoms with E-state index in [1.807, 2.05) is 0 Å². The average Bonchev–Trinajstić information content (AvgIpc) is 2.87. The molecular weight excluding hydrogens is 325 g/mol. The first kappa shape index (κ1) is 10.8. The van der Waals surface area contributed by atoms with Crippen LogP contribution in [0.4, 0.5) is 0 Å². The molecule has 2 heterocycles. The lowest BCUT2D eigenvalue weighted by Gasteiger charge is -2.04. The van der Waals surface area contributed by atoms with Gasteiger partial charge in [-0.05, 0) is 41.6 Å². The van der Waals surface area contributed by atoms with E-state index in [0.29, 0.717) is 0 Å². The van der Waals surface area contributed by atoms with Crippen molar-refractivity contribution < 1.29 is 4.57 Å². The normalized spacial score (nSPS) is 11.2. The molecule has 0 radical (unpaired) electrons. The highest BCUT2D eigenvalue weighted by atomic mass is 127. The van der Waals surface area contributed by atoms with E-state index in [4.69, 9.17) is 0 Å². The molecule has 0 bridgehead atoms. The number of hydrogen-bond acceptors (Lipinski definition) is 0. The van der Waals surface area contributed by atoms with Gasteiger partial charge in [0.15, 0.2) is 0 Å². The number of aryl methyl sites for hydroxylation is 1. The Morgan fingerprint density at radius 3 is 2.82 bits per heavy atom. The highest BCUT2D eigenvalue weighted by Crippen LogP contribution is 2.21. The lowest BCUT2D eigenvalue weighted by Crippen LogP contribution is -2.28. The predicted octanol–water partition coefficient (Wildman–Crippen LogP) is 2.47. The Morgan fingerprint density at radius 1 is 1.18 bits per heavy atom. The zero-order valence-electron chi connectivity index (χ0n) is 9.76. The van der Waals surface area contributed by atoms with Gasteiger partial charge in [0, 0.05) is 9.13 Å². The summed E-state index contributed by atoms with van der Waals surface area (Å²) in [6.45, 7) is 2.16. The van der Waals surface area contributed by atoms with E-state index in [2.05, 4.69) is 93.1 Å². The number of nitrogens with zero attached hydrogens (tertiary/aromatic N) is 3. The Hall–Kier alpha value is -1.30. The molecule has 0 spiro atoms. The summed E-state index contributed by atoms with van der Waals surface area (Å²) in [5.41, 5.74) is 2.55. The molecule has 3 rings (SSSR count). The number of aromatic nitrogens is 3. The maximum absolute atomic E-state index is 2.38. The average molecular weight is 338 g/mol. The maximum Gasteiger partial charge on any atom is 0.373 e. The maximum atomic E-state index is 2.38. The number of benzene rings is 1. The molecule has 1 aromatic carbocycles. The molecule has 3 nitrogen and oxygen atoms in total. The fourth-order valence-corrected chi connectivity index (χ4v) is 2.63. The zero-order chi connectivity index (χ0) is 12.0. The lowest BCUT2D eigenvalue weighted by molar-refractivity contribution is -0.646. The third-order valence-electron chi connectivity index (χ3n) is 3.09. The van der Waals surface area contributed by atoms with Gasteiger partial charge in [-0.15, -0.1) is 0 Å². The molecule has 0 saturated carbocycles. The Labute approximate surface area is 113 Å². The number of imidazole rings is 2. The minimum absolute atomic E-state index is 1.16. The summed E-state index contributed by atoms with van der Waals surface area (Å²) in [5.74, 6) is 1.16. The molecule has 0 amide bonds. The summed E-state index contributed by atoms with van der Waals surface area (Å²) in [7, 11) is 2.06. The highest BCUT2D eigenvalue weighted by molar-refractivity contribution is 14.1. The van der Waals surface area contributed by atoms with E-state index in [-0.39, 0.29) is 0 Å². The van der Waals surface area contributed by atoms with Crippen molar-refractivity contribution in [1.29, 1.82) is 0 Å². The van der Waals surface area contributed by atoms with Crippen LogP contribution in [0.1, 0.15) is 5.56 Å². The molecule has 86 valence electrons. The molecule has 0 fully saturated rings. The number of halogens is 1. The molecule has 0 N–H and O–H groups in total. The molecular formula is C13H13IN3+. The van der Waals surface area contributed by atoms with Crippen LogP contribution < -0.4 is 4.57 Å². The molecule has 0 unspecified atom stereocenters. The quantitative estimate of drug-likeness (QED) is 0.478. The fourth-order valence-electron chi connectivity index (χ4n) is 2.15. The second-order valence-electron chi connectivity index (χ2n) is 4.17. The monoisotopic (exact) mass is 338 g/mol. The molecule has 0 atom stereocenters. The highest BCUT2D eigenvalue weighted by Gasteiger charge is 2.16. The van der Waals surface area contributed by atoms with Crippen LogP contribution >= 0.6 is 22.6 Å². The summed E-state index contributed by atoms with van der Waals surface area (Å²) < 4.78 is 7.76. The second kappa shape index (κ2) is 3.87. The van der Waals surface area contributed by atoms with Crippen LogP contribution in [-0.4, -0.2) is 8.97 Å². The summed E-state index contributed by atoms with van der Waals surface area (Å²) in [6.07, 6.45) is 8.31.